The van der Waals surface area contributed by atoms with Crippen molar-refractivity contribution in [1.29, 1.82) is 0 Å². The average molecular weight is 288 g/mol. The lowest BCUT2D eigenvalue weighted by molar-refractivity contribution is 0.0992. The summed E-state index contributed by atoms with van der Waals surface area (Å²) >= 11 is 0. The Morgan fingerprint density at radius 3 is 2.71 bits per heavy atom. The topological polar surface area (TPSA) is 99.2 Å². The largest absolute Gasteiger partial charge is 0.497 e. The van der Waals surface area contributed by atoms with E-state index in [4.69, 9.17) is 10.5 Å². The predicted octanol–water partition coefficient (Wildman–Crippen LogP) is 1.09. The first-order valence-corrected chi connectivity index (χ1v) is 6.23. The van der Waals surface area contributed by atoms with Crippen molar-refractivity contribution in [3.63, 3.8) is 0 Å². The summed E-state index contributed by atoms with van der Waals surface area (Å²) in [7, 11) is 3.11. The van der Waals surface area contributed by atoms with Crippen LogP contribution in [-0.2, 0) is 7.05 Å². The molecule has 0 fully saturated rings. The summed E-state index contributed by atoms with van der Waals surface area (Å²) < 4.78 is 6.42. The van der Waals surface area contributed by atoms with Crippen LogP contribution in [0.1, 0.15) is 26.5 Å². The Morgan fingerprint density at radius 2 is 2.10 bits per heavy atom. The molecule has 1 aromatic carbocycles. The van der Waals surface area contributed by atoms with E-state index in [-0.39, 0.29) is 11.6 Å². The molecule has 2 rings (SSSR count). The molecule has 0 radical (unpaired) electrons. The molecule has 0 saturated heterocycles. The molecule has 110 valence electrons. The van der Waals surface area contributed by atoms with Gasteiger partial charge in [0.1, 0.15) is 11.4 Å². The van der Waals surface area contributed by atoms with Gasteiger partial charge >= 0.3 is 0 Å². The van der Waals surface area contributed by atoms with E-state index in [1.807, 2.05) is 0 Å². The molecule has 0 saturated carbocycles. The number of rotatable bonds is 4. The predicted molar refractivity (Wildman–Crippen MR) is 77.4 cm³/mol. The SMILES string of the molecule is COc1cccc(C(=O)Nc2c(C)nn(C)c2C(N)=O)c1. The number of carbonyl (C=O) groups is 2. The van der Waals surface area contributed by atoms with E-state index in [1.165, 1.54) is 11.8 Å². The van der Waals surface area contributed by atoms with Gasteiger partial charge in [-0.25, -0.2) is 0 Å². The Morgan fingerprint density at radius 1 is 1.38 bits per heavy atom. The van der Waals surface area contributed by atoms with Gasteiger partial charge in [0.25, 0.3) is 11.8 Å². The van der Waals surface area contributed by atoms with Crippen LogP contribution >= 0.6 is 0 Å². The van der Waals surface area contributed by atoms with Crippen molar-refractivity contribution in [3.8, 4) is 5.75 Å². The molecule has 1 heterocycles. The van der Waals surface area contributed by atoms with Gasteiger partial charge in [-0.3, -0.25) is 14.3 Å². The zero-order chi connectivity index (χ0) is 15.6. The number of ether oxygens (including phenoxy) is 1. The molecule has 0 spiro atoms. The third kappa shape index (κ3) is 2.86. The molecule has 2 amide bonds. The highest BCUT2D eigenvalue weighted by atomic mass is 16.5. The highest BCUT2D eigenvalue weighted by molar-refractivity contribution is 6.08. The number of anilines is 1. The summed E-state index contributed by atoms with van der Waals surface area (Å²) in [6, 6.07) is 6.69. The number of nitrogens with one attached hydrogen (secondary N) is 1. The van der Waals surface area contributed by atoms with E-state index in [9.17, 15) is 9.59 Å². The molecule has 0 aliphatic rings. The van der Waals surface area contributed by atoms with Gasteiger partial charge in [0.15, 0.2) is 0 Å². The second-order valence-electron chi connectivity index (χ2n) is 4.48. The molecule has 0 bridgehead atoms. The monoisotopic (exact) mass is 288 g/mol. The standard InChI is InChI=1S/C14H16N4O3/c1-8-11(12(13(15)19)18(2)17-8)16-14(20)9-5-4-6-10(7-9)21-3/h4-7H,1-3H3,(H2,15,19)(H,16,20). The Balaban J connectivity index is 2.33. The highest BCUT2D eigenvalue weighted by Gasteiger charge is 2.20. The van der Waals surface area contributed by atoms with E-state index < -0.39 is 5.91 Å². The van der Waals surface area contributed by atoms with Crippen molar-refractivity contribution in [2.24, 2.45) is 12.8 Å². The smallest absolute Gasteiger partial charge is 0.269 e. The summed E-state index contributed by atoms with van der Waals surface area (Å²) in [6.07, 6.45) is 0. The van der Waals surface area contributed by atoms with Crippen LogP contribution in [0, 0.1) is 6.92 Å². The molecule has 7 nitrogen and oxygen atoms in total. The minimum Gasteiger partial charge on any atom is -0.497 e. The number of nitrogens with zero attached hydrogens (tertiary/aromatic N) is 2. The van der Waals surface area contributed by atoms with Gasteiger partial charge in [-0.15, -0.1) is 0 Å². The quantitative estimate of drug-likeness (QED) is 0.879. The van der Waals surface area contributed by atoms with Crippen molar-refractivity contribution in [2.45, 2.75) is 6.92 Å². The van der Waals surface area contributed by atoms with Crippen LogP contribution in [0.4, 0.5) is 5.69 Å². The van der Waals surface area contributed by atoms with Crippen LogP contribution in [0.15, 0.2) is 24.3 Å². The molecular formula is C14H16N4O3. The van der Waals surface area contributed by atoms with Gasteiger partial charge in [0.2, 0.25) is 0 Å². The normalized spacial score (nSPS) is 10.2. The number of benzene rings is 1. The molecule has 21 heavy (non-hydrogen) atoms. The van der Waals surface area contributed by atoms with Crippen LogP contribution in [0.2, 0.25) is 0 Å². The summed E-state index contributed by atoms with van der Waals surface area (Å²) in [5, 5.41) is 6.76. The maximum atomic E-state index is 12.3. The molecular weight excluding hydrogens is 272 g/mol. The fraction of sp³-hybridized carbons (Fsp3) is 0.214. The number of aromatic nitrogens is 2. The average Bonchev–Trinajstić information content (AvgIpc) is 2.73. The van der Waals surface area contributed by atoms with Crippen LogP contribution in [-0.4, -0.2) is 28.7 Å². The van der Waals surface area contributed by atoms with Crippen molar-refractivity contribution >= 4 is 17.5 Å². The van der Waals surface area contributed by atoms with Crippen LogP contribution in [0.5, 0.6) is 5.75 Å². The zero-order valence-corrected chi connectivity index (χ0v) is 12.0. The Bertz CT molecular complexity index is 706. The van der Waals surface area contributed by atoms with E-state index >= 15 is 0 Å². The van der Waals surface area contributed by atoms with Gasteiger partial charge in [-0.05, 0) is 25.1 Å². The summed E-state index contributed by atoms with van der Waals surface area (Å²) in [5.74, 6) is -0.452. The third-order valence-electron chi connectivity index (χ3n) is 3.03. The molecule has 0 unspecified atom stereocenters. The van der Waals surface area contributed by atoms with Crippen LogP contribution in [0.25, 0.3) is 0 Å². The maximum Gasteiger partial charge on any atom is 0.269 e. The van der Waals surface area contributed by atoms with Crippen molar-refractivity contribution in [2.75, 3.05) is 12.4 Å². The van der Waals surface area contributed by atoms with Crippen LogP contribution in [0.3, 0.4) is 0 Å². The Hall–Kier alpha value is -2.83. The first-order valence-electron chi connectivity index (χ1n) is 6.23. The lowest BCUT2D eigenvalue weighted by atomic mass is 10.2. The number of nitrogens with two attached hydrogens (primary N) is 1. The minimum absolute atomic E-state index is 0.156. The fourth-order valence-electron chi connectivity index (χ4n) is 2.04. The van der Waals surface area contributed by atoms with Gasteiger partial charge in [-0.2, -0.15) is 5.10 Å². The number of primary amides is 1. The van der Waals surface area contributed by atoms with E-state index in [0.29, 0.717) is 22.7 Å². The van der Waals surface area contributed by atoms with Crippen molar-refractivity contribution < 1.29 is 14.3 Å². The molecule has 0 aliphatic carbocycles. The van der Waals surface area contributed by atoms with E-state index in [1.54, 1.807) is 38.2 Å². The van der Waals surface area contributed by atoms with Gasteiger partial charge in [-0.1, -0.05) is 6.07 Å². The zero-order valence-electron chi connectivity index (χ0n) is 12.0. The van der Waals surface area contributed by atoms with Crippen molar-refractivity contribution in [3.05, 3.63) is 41.2 Å². The fourth-order valence-corrected chi connectivity index (χ4v) is 2.04. The van der Waals surface area contributed by atoms with E-state index in [0.717, 1.165) is 0 Å². The van der Waals surface area contributed by atoms with Gasteiger partial charge in [0, 0.05) is 12.6 Å². The minimum atomic E-state index is -0.654. The lowest BCUT2D eigenvalue weighted by Gasteiger charge is -2.07. The molecule has 0 aliphatic heterocycles. The Kier molecular flexibility index (Phi) is 3.93. The third-order valence-corrected chi connectivity index (χ3v) is 3.03. The number of methoxy groups -OCH3 is 1. The van der Waals surface area contributed by atoms with Gasteiger partial charge in [0.05, 0.1) is 18.5 Å². The highest BCUT2D eigenvalue weighted by Crippen LogP contribution is 2.21. The molecule has 1 aromatic heterocycles. The summed E-state index contributed by atoms with van der Waals surface area (Å²) in [5.41, 5.74) is 6.72. The maximum absolute atomic E-state index is 12.3. The van der Waals surface area contributed by atoms with Crippen LogP contribution < -0.4 is 15.8 Å². The van der Waals surface area contributed by atoms with E-state index in [2.05, 4.69) is 10.4 Å². The molecule has 0 atom stereocenters. The number of carbonyl (C=O) groups excluding carboxylic acids is 2. The number of hydrogen-bond acceptors (Lipinski definition) is 4. The molecule has 7 heteroatoms. The van der Waals surface area contributed by atoms with Crippen molar-refractivity contribution in [1.82, 2.24) is 9.78 Å². The first-order chi connectivity index (χ1) is 9.93. The summed E-state index contributed by atoms with van der Waals surface area (Å²) in [4.78, 5) is 23.7. The second kappa shape index (κ2) is 5.66. The molecule has 2 aromatic rings. The first kappa shape index (κ1) is 14.6. The van der Waals surface area contributed by atoms with Gasteiger partial charge < -0.3 is 15.8 Å². The Labute approximate surface area is 121 Å². The second-order valence-corrected chi connectivity index (χ2v) is 4.48. The number of amides is 2. The lowest BCUT2D eigenvalue weighted by Crippen LogP contribution is -2.20. The number of aryl methyl sites for hydroxylation is 2. The molecule has 3 N–H and O–H groups in total. The number of hydrogen-bond donors (Lipinski definition) is 2. The summed E-state index contributed by atoms with van der Waals surface area (Å²) in [6.45, 7) is 1.69.